The molecule has 1 aliphatic carbocycles. The van der Waals surface area contributed by atoms with Gasteiger partial charge in [-0.1, -0.05) is 36.4 Å². The van der Waals surface area contributed by atoms with Gasteiger partial charge in [-0.25, -0.2) is 4.98 Å². The van der Waals surface area contributed by atoms with Crippen LogP contribution in [0, 0.1) is 0 Å². The lowest BCUT2D eigenvalue weighted by Gasteiger charge is -2.16. The second-order valence-corrected chi connectivity index (χ2v) is 8.38. The summed E-state index contributed by atoms with van der Waals surface area (Å²) in [6, 6.07) is 14.5. The Morgan fingerprint density at radius 3 is 2.79 bits per heavy atom. The summed E-state index contributed by atoms with van der Waals surface area (Å²) in [5.74, 6) is 1.46. The van der Waals surface area contributed by atoms with Crippen molar-refractivity contribution in [2.75, 3.05) is 7.11 Å². The summed E-state index contributed by atoms with van der Waals surface area (Å²) >= 11 is 1.53. The van der Waals surface area contributed by atoms with Crippen molar-refractivity contribution in [3.05, 3.63) is 80.7 Å². The van der Waals surface area contributed by atoms with Gasteiger partial charge in [-0.15, -0.1) is 11.3 Å². The quantitative estimate of drug-likeness (QED) is 0.515. The van der Waals surface area contributed by atoms with Crippen LogP contribution in [0.3, 0.4) is 0 Å². The number of hydrogen-bond acceptors (Lipinski definition) is 4. The largest absolute Gasteiger partial charge is 0.496 e. The molecular weight excluding hydrogens is 380 g/mol. The number of aryl methyl sites for hydroxylation is 2. The third kappa shape index (κ3) is 3.36. The van der Waals surface area contributed by atoms with Gasteiger partial charge in [0, 0.05) is 22.9 Å². The third-order valence-corrected chi connectivity index (χ3v) is 6.58. The van der Waals surface area contributed by atoms with Gasteiger partial charge in [0.25, 0.3) is 5.56 Å². The van der Waals surface area contributed by atoms with Gasteiger partial charge in [-0.05, 0) is 48.4 Å². The molecule has 0 saturated heterocycles. The van der Waals surface area contributed by atoms with Crippen molar-refractivity contribution in [1.82, 2.24) is 9.97 Å². The van der Waals surface area contributed by atoms with E-state index in [1.807, 2.05) is 24.3 Å². The number of para-hydroxylation sites is 1. The van der Waals surface area contributed by atoms with E-state index in [0.29, 0.717) is 17.6 Å². The second kappa shape index (κ2) is 7.48. The van der Waals surface area contributed by atoms with E-state index in [1.165, 1.54) is 35.3 Å². The highest BCUT2D eigenvalue weighted by atomic mass is 32.1. The molecular formula is C24H22N2O2S. The summed E-state index contributed by atoms with van der Waals surface area (Å²) in [7, 11) is 1.66. The SMILES string of the molecule is COc1ccccc1Cc1nc2scc(-c3ccc4c(c3)CCCC4)c2c(=O)[nH]1. The Bertz CT molecular complexity index is 1260. The zero-order valence-corrected chi connectivity index (χ0v) is 17.1. The van der Waals surface area contributed by atoms with E-state index in [4.69, 9.17) is 9.72 Å². The number of hydrogen-bond donors (Lipinski definition) is 1. The van der Waals surface area contributed by atoms with Crippen molar-refractivity contribution in [3.8, 4) is 16.9 Å². The molecule has 2 heterocycles. The number of methoxy groups -OCH3 is 1. The van der Waals surface area contributed by atoms with Crippen molar-refractivity contribution in [2.45, 2.75) is 32.1 Å². The van der Waals surface area contributed by atoms with Crippen molar-refractivity contribution >= 4 is 21.6 Å². The Labute approximate surface area is 173 Å². The van der Waals surface area contributed by atoms with Gasteiger partial charge in [0.2, 0.25) is 0 Å². The van der Waals surface area contributed by atoms with Crippen molar-refractivity contribution in [3.63, 3.8) is 0 Å². The summed E-state index contributed by atoms with van der Waals surface area (Å²) in [4.78, 5) is 21.5. The number of H-pyrrole nitrogens is 1. The van der Waals surface area contributed by atoms with Gasteiger partial charge >= 0.3 is 0 Å². The van der Waals surface area contributed by atoms with Crippen LogP contribution in [-0.4, -0.2) is 17.1 Å². The van der Waals surface area contributed by atoms with Crippen LogP contribution in [-0.2, 0) is 19.3 Å². The van der Waals surface area contributed by atoms with Crippen molar-refractivity contribution in [2.24, 2.45) is 0 Å². The number of ether oxygens (including phenoxy) is 1. The molecule has 0 aliphatic heterocycles. The molecule has 29 heavy (non-hydrogen) atoms. The standard InChI is InChI=1S/C24H22N2O2S/c1-28-20-9-5-4-8-18(20)13-21-25-23(27)22-19(14-29-24(22)26-21)17-11-10-15-6-2-3-7-16(15)12-17/h4-5,8-12,14H,2-3,6-7,13H2,1H3,(H,25,26,27). The number of thiophene rings is 1. The van der Waals surface area contributed by atoms with Crippen LogP contribution in [0.2, 0.25) is 0 Å². The maximum absolute atomic E-state index is 13.0. The van der Waals surface area contributed by atoms with Gasteiger partial charge in [-0.3, -0.25) is 4.79 Å². The molecule has 4 nitrogen and oxygen atoms in total. The Morgan fingerprint density at radius 1 is 1.10 bits per heavy atom. The Hall–Kier alpha value is -2.92. The van der Waals surface area contributed by atoms with Crippen molar-refractivity contribution in [1.29, 1.82) is 0 Å². The molecule has 146 valence electrons. The van der Waals surface area contributed by atoms with E-state index in [-0.39, 0.29) is 5.56 Å². The zero-order chi connectivity index (χ0) is 19.8. The van der Waals surface area contributed by atoms with Gasteiger partial charge in [0.15, 0.2) is 0 Å². The topological polar surface area (TPSA) is 55.0 Å². The monoisotopic (exact) mass is 402 g/mol. The van der Waals surface area contributed by atoms with Gasteiger partial charge < -0.3 is 9.72 Å². The fraction of sp³-hybridized carbons (Fsp3) is 0.250. The first-order valence-electron chi connectivity index (χ1n) is 9.97. The van der Waals surface area contributed by atoms with E-state index in [9.17, 15) is 4.79 Å². The summed E-state index contributed by atoms with van der Waals surface area (Å²) in [6.07, 6.45) is 5.33. The molecule has 0 unspecified atom stereocenters. The lowest BCUT2D eigenvalue weighted by Crippen LogP contribution is -2.12. The Balaban J connectivity index is 1.54. The van der Waals surface area contributed by atoms with Crippen LogP contribution in [0.1, 0.15) is 35.4 Å². The molecule has 5 rings (SSSR count). The van der Waals surface area contributed by atoms with Crippen LogP contribution in [0.15, 0.2) is 52.6 Å². The van der Waals surface area contributed by atoms with Crippen LogP contribution >= 0.6 is 11.3 Å². The van der Waals surface area contributed by atoms with E-state index in [1.54, 1.807) is 7.11 Å². The molecule has 1 N–H and O–H groups in total. The van der Waals surface area contributed by atoms with Gasteiger partial charge in [0.1, 0.15) is 16.4 Å². The molecule has 0 atom stereocenters. The number of nitrogens with one attached hydrogen (secondary N) is 1. The molecule has 0 bridgehead atoms. The van der Waals surface area contributed by atoms with Crippen LogP contribution in [0.25, 0.3) is 21.3 Å². The molecule has 1 aliphatic rings. The lowest BCUT2D eigenvalue weighted by atomic mass is 9.89. The number of fused-ring (bicyclic) bond motifs is 2. The van der Waals surface area contributed by atoms with Crippen molar-refractivity contribution < 1.29 is 4.74 Å². The molecule has 0 radical (unpaired) electrons. The molecule has 0 spiro atoms. The third-order valence-electron chi connectivity index (χ3n) is 5.70. The summed E-state index contributed by atoms with van der Waals surface area (Å²) in [6.45, 7) is 0. The summed E-state index contributed by atoms with van der Waals surface area (Å²) < 4.78 is 5.43. The molecule has 0 amide bonds. The first-order valence-corrected chi connectivity index (χ1v) is 10.9. The molecule has 0 saturated carbocycles. The summed E-state index contributed by atoms with van der Waals surface area (Å²) in [5.41, 5.74) is 5.89. The maximum Gasteiger partial charge on any atom is 0.260 e. The molecule has 4 aromatic rings. The molecule has 2 aromatic heterocycles. The van der Waals surface area contributed by atoms with E-state index in [2.05, 4.69) is 28.6 Å². The highest BCUT2D eigenvalue weighted by Crippen LogP contribution is 2.33. The van der Waals surface area contributed by atoms with E-state index < -0.39 is 0 Å². The second-order valence-electron chi connectivity index (χ2n) is 7.52. The van der Waals surface area contributed by atoms with Gasteiger partial charge in [-0.2, -0.15) is 0 Å². The van der Waals surface area contributed by atoms with Crippen LogP contribution in [0.5, 0.6) is 5.75 Å². The molecule has 2 aromatic carbocycles. The van der Waals surface area contributed by atoms with Crippen LogP contribution < -0.4 is 10.3 Å². The lowest BCUT2D eigenvalue weighted by molar-refractivity contribution is 0.410. The zero-order valence-electron chi connectivity index (χ0n) is 16.3. The number of aromatic nitrogens is 2. The van der Waals surface area contributed by atoms with Gasteiger partial charge in [0.05, 0.1) is 12.5 Å². The number of rotatable bonds is 4. The fourth-order valence-electron chi connectivity index (χ4n) is 4.22. The Kier molecular flexibility index (Phi) is 4.68. The van der Waals surface area contributed by atoms with E-state index in [0.717, 1.165) is 40.1 Å². The van der Waals surface area contributed by atoms with E-state index >= 15 is 0 Å². The Morgan fingerprint density at radius 2 is 1.93 bits per heavy atom. The summed E-state index contributed by atoms with van der Waals surface area (Å²) in [5, 5.41) is 2.75. The predicted octanol–water partition coefficient (Wildman–Crippen LogP) is 5.13. The minimum Gasteiger partial charge on any atom is -0.496 e. The van der Waals surface area contributed by atoms with Crippen LogP contribution in [0.4, 0.5) is 0 Å². The normalized spacial score (nSPS) is 13.4. The molecule has 0 fully saturated rings. The highest BCUT2D eigenvalue weighted by Gasteiger charge is 2.16. The predicted molar refractivity (Wildman–Crippen MR) is 118 cm³/mol. The molecule has 5 heteroatoms. The first kappa shape index (κ1) is 18.1. The fourth-order valence-corrected chi connectivity index (χ4v) is 5.19. The number of nitrogens with zero attached hydrogens (tertiary/aromatic N) is 1. The minimum absolute atomic E-state index is 0.0751. The number of benzene rings is 2. The number of aromatic amines is 1. The average molecular weight is 403 g/mol. The first-order chi connectivity index (χ1) is 14.2. The maximum atomic E-state index is 13.0. The minimum atomic E-state index is -0.0751. The smallest absolute Gasteiger partial charge is 0.260 e. The highest BCUT2D eigenvalue weighted by molar-refractivity contribution is 7.17. The average Bonchev–Trinajstić information content (AvgIpc) is 3.18.